The van der Waals surface area contributed by atoms with Gasteiger partial charge in [-0.3, -0.25) is 19.7 Å². The molecule has 0 spiro atoms. The van der Waals surface area contributed by atoms with Crippen LogP contribution >= 0.6 is 0 Å². The zero-order valence-corrected chi connectivity index (χ0v) is 15.7. The molecular weight excluding hydrogens is 352 g/mol. The number of pyridine rings is 2. The molecule has 4 heterocycles. The van der Waals surface area contributed by atoms with E-state index in [0.29, 0.717) is 11.5 Å². The first-order valence-corrected chi connectivity index (χ1v) is 9.40. The van der Waals surface area contributed by atoms with Gasteiger partial charge >= 0.3 is 0 Å². The third-order valence-electron chi connectivity index (χ3n) is 4.82. The van der Waals surface area contributed by atoms with Crippen LogP contribution in [0.2, 0.25) is 0 Å². The van der Waals surface area contributed by atoms with E-state index in [-0.39, 0.29) is 11.9 Å². The Labute approximate surface area is 163 Å². The Kier molecular flexibility index (Phi) is 5.34. The van der Waals surface area contributed by atoms with Crippen LogP contribution in [0.3, 0.4) is 0 Å². The fourth-order valence-electron chi connectivity index (χ4n) is 3.55. The summed E-state index contributed by atoms with van der Waals surface area (Å²) in [7, 11) is 0. The number of rotatable bonds is 5. The van der Waals surface area contributed by atoms with Crippen LogP contribution in [0.1, 0.15) is 46.5 Å². The van der Waals surface area contributed by atoms with Crippen molar-refractivity contribution in [1.29, 1.82) is 0 Å². The van der Waals surface area contributed by atoms with E-state index < -0.39 is 0 Å². The highest BCUT2D eigenvalue weighted by Crippen LogP contribution is 2.32. The standard InChI is InChI=1S/C21H22N6O/c1-15-5-2-6-16(24-15)14-27-12-4-9-19(27)17-7-3-8-18(25-17)21(28)26-20-13-22-10-11-23-20/h2-3,5-8,10-11,13,19H,4,9,12,14H2,1H3,(H,23,26,28). The van der Waals surface area contributed by atoms with Gasteiger partial charge in [0.25, 0.3) is 5.91 Å². The Morgan fingerprint density at radius 3 is 2.89 bits per heavy atom. The molecule has 1 unspecified atom stereocenters. The van der Waals surface area contributed by atoms with Crippen LogP contribution in [0.4, 0.5) is 5.82 Å². The van der Waals surface area contributed by atoms with Gasteiger partial charge < -0.3 is 5.32 Å². The second kappa shape index (κ2) is 8.22. The Balaban J connectivity index is 1.50. The topological polar surface area (TPSA) is 83.9 Å². The molecule has 0 radical (unpaired) electrons. The van der Waals surface area contributed by atoms with Gasteiger partial charge in [0.15, 0.2) is 5.82 Å². The first-order chi connectivity index (χ1) is 13.7. The Bertz CT molecular complexity index is 962. The fraction of sp³-hybridized carbons (Fsp3) is 0.286. The van der Waals surface area contributed by atoms with Crippen molar-refractivity contribution in [2.24, 2.45) is 0 Å². The molecule has 0 aliphatic carbocycles. The van der Waals surface area contributed by atoms with Crippen molar-refractivity contribution in [3.63, 3.8) is 0 Å². The summed E-state index contributed by atoms with van der Waals surface area (Å²) in [5.41, 5.74) is 3.37. The highest BCUT2D eigenvalue weighted by molar-refractivity contribution is 6.02. The minimum Gasteiger partial charge on any atom is -0.304 e. The number of carbonyl (C=O) groups excluding carboxylic acids is 1. The zero-order valence-electron chi connectivity index (χ0n) is 15.7. The van der Waals surface area contributed by atoms with Crippen LogP contribution in [-0.4, -0.2) is 37.3 Å². The molecule has 4 rings (SSSR count). The molecule has 28 heavy (non-hydrogen) atoms. The van der Waals surface area contributed by atoms with Gasteiger partial charge in [0, 0.05) is 24.6 Å². The summed E-state index contributed by atoms with van der Waals surface area (Å²) in [5, 5.41) is 2.73. The van der Waals surface area contributed by atoms with Gasteiger partial charge in [0.05, 0.1) is 23.6 Å². The van der Waals surface area contributed by atoms with Crippen molar-refractivity contribution in [2.75, 3.05) is 11.9 Å². The summed E-state index contributed by atoms with van der Waals surface area (Å²) in [6, 6.07) is 11.9. The predicted molar refractivity (Wildman–Crippen MR) is 106 cm³/mol. The lowest BCUT2D eigenvalue weighted by atomic mass is 10.1. The molecule has 7 nitrogen and oxygen atoms in total. The molecule has 1 saturated heterocycles. The number of aromatic nitrogens is 4. The minimum atomic E-state index is -0.285. The largest absolute Gasteiger partial charge is 0.304 e. The van der Waals surface area contributed by atoms with Crippen LogP contribution < -0.4 is 5.32 Å². The average Bonchev–Trinajstić information content (AvgIpc) is 3.17. The number of carbonyl (C=O) groups is 1. The molecule has 1 atom stereocenters. The van der Waals surface area contributed by atoms with Crippen LogP contribution in [-0.2, 0) is 6.54 Å². The molecule has 1 amide bonds. The molecule has 1 aliphatic heterocycles. The fourth-order valence-corrected chi connectivity index (χ4v) is 3.55. The monoisotopic (exact) mass is 374 g/mol. The lowest BCUT2D eigenvalue weighted by Crippen LogP contribution is -2.25. The first-order valence-electron chi connectivity index (χ1n) is 9.40. The van der Waals surface area contributed by atoms with E-state index >= 15 is 0 Å². The van der Waals surface area contributed by atoms with Crippen molar-refractivity contribution in [3.05, 3.63) is 77.8 Å². The number of anilines is 1. The third kappa shape index (κ3) is 4.20. The molecule has 1 fully saturated rings. The normalized spacial score (nSPS) is 16.8. The lowest BCUT2D eigenvalue weighted by Gasteiger charge is -2.24. The molecule has 0 aromatic carbocycles. The van der Waals surface area contributed by atoms with Gasteiger partial charge in [-0.15, -0.1) is 0 Å². The van der Waals surface area contributed by atoms with Gasteiger partial charge in [-0.2, -0.15) is 0 Å². The van der Waals surface area contributed by atoms with Crippen LogP contribution in [0.5, 0.6) is 0 Å². The number of amides is 1. The highest BCUT2D eigenvalue weighted by Gasteiger charge is 2.28. The molecule has 0 saturated carbocycles. The number of hydrogen-bond donors (Lipinski definition) is 1. The van der Waals surface area contributed by atoms with Crippen LogP contribution in [0.15, 0.2) is 55.0 Å². The van der Waals surface area contributed by atoms with Crippen molar-refractivity contribution in [1.82, 2.24) is 24.8 Å². The summed E-state index contributed by atoms with van der Waals surface area (Å²) >= 11 is 0. The molecular formula is C21H22N6O. The molecule has 7 heteroatoms. The average molecular weight is 374 g/mol. The summed E-state index contributed by atoms with van der Waals surface area (Å²) in [4.78, 5) is 32.2. The second-order valence-corrected chi connectivity index (χ2v) is 6.89. The van der Waals surface area contributed by atoms with Crippen molar-refractivity contribution in [3.8, 4) is 0 Å². The Morgan fingerprint density at radius 2 is 2.07 bits per heavy atom. The van der Waals surface area contributed by atoms with E-state index in [1.54, 1.807) is 12.3 Å². The lowest BCUT2D eigenvalue weighted by molar-refractivity contribution is 0.102. The smallest absolute Gasteiger partial charge is 0.275 e. The van der Waals surface area contributed by atoms with E-state index in [4.69, 9.17) is 0 Å². The van der Waals surface area contributed by atoms with Crippen LogP contribution in [0, 0.1) is 6.92 Å². The number of likely N-dealkylation sites (tertiary alicyclic amines) is 1. The Morgan fingerprint density at radius 1 is 1.18 bits per heavy atom. The summed E-state index contributed by atoms with van der Waals surface area (Å²) in [6.07, 6.45) is 6.74. The minimum absolute atomic E-state index is 0.187. The number of hydrogen-bond acceptors (Lipinski definition) is 6. The van der Waals surface area contributed by atoms with Crippen molar-refractivity contribution < 1.29 is 4.79 Å². The predicted octanol–water partition coefficient (Wildman–Crippen LogP) is 3.16. The van der Waals surface area contributed by atoms with E-state index in [9.17, 15) is 4.79 Å². The Hall–Kier alpha value is -3.19. The van der Waals surface area contributed by atoms with Crippen molar-refractivity contribution in [2.45, 2.75) is 32.4 Å². The number of nitrogens with zero attached hydrogens (tertiary/aromatic N) is 5. The molecule has 142 valence electrons. The van der Waals surface area contributed by atoms with E-state index in [2.05, 4.69) is 36.2 Å². The molecule has 1 N–H and O–H groups in total. The van der Waals surface area contributed by atoms with Gasteiger partial charge in [-0.25, -0.2) is 9.97 Å². The SMILES string of the molecule is Cc1cccc(CN2CCCC2c2cccc(C(=O)Nc3cnccn3)n2)n1. The highest BCUT2D eigenvalue weighted by atomic mass is 16.1. The maximum Gasteiger partial charge on any atom is 0.275 e. The van der Waals surface area contributed by atoms with Gasteiger partial charge in [-0.1, -0.05) is 12.1 Å². The van der Waals surface area contributed by atoms with Gasteiger partial charge in [-0.05, 0) is 50.6 Å². The van der Waals surface area contributed by atoms with Gasteiger partial charge in [0.1, 0.15) is 5.69 Å². The molecule has 0 bridgehead atoms. The zero-order chi connectivity index (χ0) is 19.3. The van der Waals surface area contributed by atoms with E-state index in [1.807, 2.05) is 31.2 Å². The first kappa shape index (κ1) is 18.2. The van der Waals surface area contributed by atoms with Gasteiger partial charge in [0.2, 0.25) is 0 Å². The number of nitrogens with one attached hydrogen (secondary N) is 1. The summed E-state index contributed by atoms with van der Waals surface area (Å²) in [6.45, 7) is 3.79. The second-order valence-electron chi connectivity index (χ2n) is 6.89. The van der Waals surface area contributed by atoms with E-state index in [1.165, 1.54) is 12.4 Å². The quantitative estimate of drug-likeness (QED) is 0.738. The number of aryl methyl sites for hydroxylation is 1. The third-order valence-corrected chi connectivity index (χ3v) is 4.82. The summed E-state index contributed by atoms with van der Waals surface area (Å²) in [5.74, 6) is 0.125. The summed E-state index contributed by atoms with van der Waals surface area (Å²) < 4.78 is 0. The molecule has 1 aliphatic rings. The van der Waals surface area contributed by atoms with Crippen molar-refractivity contribution >= 4 is 11.7 Å². The molecule has 3 aromatic rings. The van der Waals surface area contributed by atoms with Crippen LogP contribution in [0.25, 0.3) is 0 Å². The van der Waals surface area contributed by atoms with E-state index in [0.717, 1.165) is 43.0 Å². The molecule has 3 aromatic heterocycles. The maximum absolute atomic E-state index is 12.5. The maximum atomic E-state index is 12.5.